The Hall–Kier alpha value is -2.87. The Morgan fingerprint density at radius 3 is 2.65 bits per heavy atom. The molecule has 0 saturated heterocycles. The van der Waals surface area contributed by atoms with Gasteiger partial charge in [-0.25, -0.2) is 0 Å². The monoisotopic (exact) mass is 309 g/mol. The van der Waals surface area contributed by atoms with Gasteiger partial charge in [-0.05, 0) is 24.5 Å². The molecule has 0 radical (unpaired) electrons. The van der Waals surface area contributed by atoms with Crippen molar-refractivity contribution < 1.29 is 4.79 Å². The van der Waals surface area contributed by atoms with Crippen molar-refractivity contribution in [3.63, 3.8) is 0 Å². The molecule has 2 rings (SSSR count). The molecule has 1 aromatic carbocycles. The number of nitrogens with one attached hydrogen (secondary N) is 1. The predicted molar refractivity (Wildman–Crippen MR) is 88.9 cm³/mol. The van der Waals surface area contributed by atoms with Crippen LogP contribution in [0.4, 0.5) is 5.69 Å². The van der Waals surface area contributed by atoms with Gasteiger partial charge in [-0.2, -0.15) is 5.26 Å². The van der Waals surface area contributed by atoms with Gasteiger partial charge in [0.15, 0.2) is 0 Å². The molecule has 0 aliphatic heterocycles. The summed E-state index contributed by atoms with van der Waals surface area (Å²) in [4.78, 5) is 24.0. The lowest BCUT2D eigenvalue weighted by Gasteiger charge is -2.08. The molecule has 118 valence electrons. The molecule has 0 unspecified atom stereocenters. The highest BCUT2D eigenvalue weighted by Gasteiger charge is 2.05. The summed E-state index contributed by atoms with van der Waals surface area (Å²) < 4.78 is 1.59. The number of anilines is 1. The minimum Gasteiger partial charge on any atom is -0.326 e. The van der Waals surface area contributed by atoms with Gasteiger partial charge in [0.2, 0.25) is 5.91 Å². The third-order valence-corrected chi connectivity index (χ3v) is 3.42. The van der Waals surface area contributed by atoms with E-state index >= 15 is 0 Å². The Morgan fingerprint density at radius 2 is 1.96 bits per heavy atom. The SMILES string of the molecule is N#CCCCCn1ccc(NC(=O)Cc2ccccc2)cc1=O. The van der Waals surface area contributed by atoms with Crippen LogP contribution in [0.2, 0.25) is 0 Å². The van der Waals surface area contributed by atoms with E-state index in [2.05, 4.69) is 11.4 Å². The van der Waals surface area contributed by atoms with Gasteiger partial charge in [0.1, 0.15) is 0 Å². The second kappa shape index (κ2) is 8.54. The number of nitrogens with zero attached hydrogens (tertiary/aromatic N) is 2. The molecule has 23 heavy (non-hydrogen) atoms. The van der Waals surface area contributed by atoms with E-state index in [0.717, 1.165) is 18.4 Å². The number of hydrogen-bond donors (Lipinski definition) is 1. The van der Waals surface area contributed by atoms with Crippen molar-refractivity contribution in [3.8, 4) is 6.07 Å². The maximum absolute atomic E-state index is 12.0. The van der Waals surface area contributed by atoms with Gasteiger partial charge >= 0.3 is 0 Å². The first-order valence-corrected chi connectivity index (χ1v) is 7.60. The van der Waals surface area contributed by atoms with Crippen LogP contribution in [0.5, 0.6) is 0 Å². The molecule has 1 N–H and O–H groups in total. The molecule has 2 aromatic rings. The van der Waals surface area contributed by atoms with Crippen LogP contribution in [0.3, 0.4) is 0 Å². The first-order chi connectivity index (χ1) is 11.2. The van der Waals surface area contributed by atoms with E-state index < -0.39 is 0 Å². The molecule has 0 saturated carbocycles. The van der Waals surface area contributed by atoms with Gasteiger partial charge in [0.05, 0.1) is 12.5 Å². The second-order valence-corrected chi connectivity index (χ2v) is 5.27. The molecule has 5 heteroatoms. The quantitative estimate of drug-likeness (QED) is 0.799. The van der Waals surface area contributed by atoms with Gasteiger partial charge in [-0.15, -0.1) is 0 Å². The summed E-state index contributed by atoms with van der Waals surface area (Å²) in [5, 5.41) is 11.2. The summed E-state index contributed by atoms with van der Waals surface area (Å²) in [5.41, 5.74) is 1.28. The van der Waals surface area contributed by atoms with Crippen LogP contribution in [0.1, 0.15) is 24.8 Å². The highest BCUT2D eigenvalue weighted by Crippen LogP contribution is 2.06. The number of nitriles is 1. The maximum Gasteiger partial charge on any atom is 0.252 e. The average Bonchev–Trinajstić information content (AvgIpc) is 2.54. The Kier molecular flexibility index (Phi) is 6.13. The third kappa shape index (κ3) is 5.44. The average molecular weight is 309 g/mol. The molecule has 0 aliphatic carbocycles. The lowest BCUT2D eigenvalue weighted by molar-refractivity contribution is -0.115. The number of unbranched alkanes of at least 4 members (excludes halogenated alkanes) is 2. The molecular weight excluding hydrogens is 290 g/mol. The van der Waals surface area contributed by atoms with Crippen molar-refractivity contribution in [2.45, 2.75) is 32.2 Å². The smallest absolute Gasteiger partial charge is 0.252 e. The van der Waals surface area contributed by atoms with E-state index in [-0.39, 0.29) is 17.9 Å². The molecular formula is C18H19N3O2. The summed E-state index contributed by atoms with van der Waals surface area (Å²) in [6, 6.07) is 14.7. The predicted octanol–water partition coefficient (Wildman–Crippen LogP) is 2.72. The van der Waals surface area contributed by atoms with E-state index in [1.54, 1.807) is 16.8 Å². The van der Waals surface area contributed by atoms with Gasteiger partial charge < -0.3 is 9.88 Å². The summed E-state index contributed by atoms with van der Waals surface area (Å²) >= 11 is 0. The molecule has 1 aromatic heterocycles. The Balaban J connectivity index is 1.91. The Labute approximate surface area is 135 Å². The normalized spacial score (nSPS) is 10.0. The van der Waals surface area contributed by atoms with Gasteiger partial charge in [0, 0.05) is 30.9 Å². The summed E-state index contributed by atoms with van der Waals surface area (Å²) in [6.07, 6.45) is 4.01. The maximum atomic E-state index is 12.0. The van der Waals surface area contributed by atoms with Gasteiger partial charge in [-0.3, -0.25) is 9.59 Å². The lowest BCUT2D eigenvalue weighted by Crippen LogP contribution is -2.21. The van der Waals surface area contributed by atoms with E-state index in [0.29, 0.717) is 18.7 Å². The minimum absolute atomic E-state index is 0.151. The summed E-state index contributed by atoms with van der Waals surface area (Å²) in [7, 11) is 0. The van der Waals surface area contributed by atoms with Crippen LogP contribution < -0.4 is 10.9 Å². The van der Waals surface area contributed by atoms with Crippen molar-refractivity contribution in [1.29, 1.82) is 5.26 Å². The fourth-order valence-electron chi connectivity index (χ4n) is 2.24. The number of rotatable bonds is 7. The third-order valence-electron chi connectivity index (χ3n) is 3.42. The van der Waals surface area contributed by atoms with E-state index in [1.807, 2.05) is 30.3 Å². The second-order valence-electron chi connectivity index (χ2n) is 5.27. The van der Waals surface area contributed by atoms with E-state index in [9.17, 15) is 9.59 Å². The van der Waals surface area contributed by atoms with Crippen molar-refractivity contribution in [1.82, 2.24) is 4.57 Å². The fourth-order valence-corrected chi connectivity index (χ4v) is 2.24. The van der Waals surface area contributed by atoms with E-state index in [4.69, 9.17) is 5.26 Å². The highest BCUT2D eigenvalue weighted by atomic mass is 16.1. The lowest BCUT2D eigenvalue weighted by atomic mass is 10.1. The van der Waals surface area contributed by atoms with Crippen LogP contribution >= 0.6 is 0 Å². The first-order valence-electron chi connectivity index (χ1n) is 7.60. The molecule has 0 atom stereocenters. The van der Waals surface area contributed by atoms with Crippen LogP contribution in [0, 0.1) is 11.3 Å². The zero-order chi connectivity index (χ0) is 16.5. The standard InChI is InChI=1S/C18H19N3O2/c19-10-5-2-6-11-21-12-9-16(14-18(21)23)20-17(22)13-15-7-3-1-4-8-15/h1,3-4,7-9,12,14H,2,5-6,11,13H2,(H,20,22). The van der Waals surface area contributed by atoms with Crippen LogP contribution in [-0.4, -0.2) is 10.5 Å². The highest BCUT2D eigenvalue weighted by molar-refractivity contribution is 5.92. The topological polar surface area (TPSA) is 74.9 Å². The molecule has 1 amide bonds. The fraction of sp³-hybridized carbons (Fsp3) is 0.278. The number of hydrogen-bond acceptors (Lipinski definition) is 3. The van der Waals surface area contributed by atoms with Crippen molar-refractivity contribution in [2.75, 3.05) is 5.32 Å². The number of benzene rings is 1. The van der Waals surface area contributed by atoms with Crippen LogP contribution in [-0.2, 0) is 17.8 Å². The van der Waals surface area contributed by atoms with Crippen molar-refractivity contribution in [2.24, 2.45) is 0 Å². The number of pyridine rings is 1. The minimum atomic E-state index is -0.153. The summed E-state index contributed by atoms with van der Waals surface area (Å²) in [5.74, 6) is -0.151. The summed E-state index contributed by atoms with van der Waals surface area (Å²) in [6.45, 7) is 0.582. The number of aryl methyl sites for hydroxylation is 1. The Morgan fingerprint density at radius 1 is 1.17 bits per heavy atom. The van der Waals surface area contributed by atoms with Gasteiger partial charge in [-0.1, -0.05) is 30.3 Å². The van der Waals surface area contributed by atoms with E-state index in [1.165, 1.54) is 6.07 Å². The molecule has 1 heterocycles. The molecule has 0 aliphatic rings. The number of carbonyl (C=O) groups excluding carboxylic acids is 1. The van der Waals surface area contributed by atoms with Gasteiger partial charge in [0.25, 0.3) is 5.56 Å². The largest absolute Gasteiger partial charge is 0.326 e. The molecule has 0 spiro atoms. The number of aromatic nitrogens is 1. The van der Waals surface area contributed by atoms with Crippen molar-refractivity contribution in [3.05, 3.63) is 64.6 Å². The molecule has 5 nitrogen and oxygen atoms in total. The zero-order valence-electron chi connectivity index (χ0n) is 12.9. The number of carbonyl (C=O) groups is 1. The first kappa shape index (κ1) is 16.5. The Bertz CT molecular complexity index is 745. The molecule has 0 bridgehead atoms. The van der Waals surface area contributed by atoms with Crippen LogP contribution in [0.25, 0.3) is 0 Å². The number of amides is 1. The zero-order valence-corrected chi connectivity index (χ0v) is 12.9. The van der Waals surface area contributed by atoms with Crippen molar-refractivity contribution >= 4 is 11.6 Å². The molecule has 0 fully saturated rings. The van der Waals surface area contributed by atoms with Crippen LogP contribution in [0.15, 0.2) is 53.5 Å².